The number of esters is 1. The number of nitrogens with zero attached hydrogens (tertiary/aromatic N) is 2. The average Bonchev–Trinajstić information content (AvgIpc) is 2.94. The first-order valence-corrected chi connectivity index (χ1v) is 6.34. The number of Topliss-reactive ketones (excluding diaryl/α,β-unsaturated/α-hetero) is 1. The molecule has 0 aliphatic carbocycles. The number of anilines is 1. The Bertz CT molecular complexity index is 632. The van der Waals surface area contributed by atoms with E-state index in [0.717, 1.165) is 11.3 Å². The molecule has 0 fully saturated rings. The summed E-state index contributed by atoms with van der Waals surface area (Å²) in [7, 11) is 0. The largest absolute Gasteiger partial charge is 0.461 e. The number of carbonyl (C=O) groups excluding carboxylic acids is 2. The molecule has 0 aromatic carbocycles. The molecule has 3 N–H and O–H groups in total. The molecule has 0 unspecified atom stereocenters. The summed E-state index contributed by atoms with van der Waals surface area (Å²) in [5.74, 6) is -0.523. The minimum Gasteiger partial charge on any atom is -0.461 e. The van der Waals surface area contributed by atoms with Crippen molar-refractivity contribution in [2.45, 2.75) is 13.8 Å². The monoisotopic (exact) mass is 280 g/mol. The molecule has 0 saturated heterocycles. The van der Waals surface area contributed by atoms with Crippen LogP contribution in [0.2, 0.25) is 0 Å². The van der Waals surface area contributed by atoms with Gasteiger partial charge in [-0.25, -0.2) is 9.78 Å². The highest BCUT2D eigenvalue weighted by molar-refractivity contribution is 7.17. The van der Waals surface area contributed by atoms with E-state index in [9.17, 15) is 9.59 Å². The average molecular weight is 280 g/mol. The summed E-state index contributed by atoms with van der Waals surface area (Å²) >= 11 is 1.09. The number of rotatable bonds is 4. The molecule has 0 bridgehead atoms. The molecule has 19 heavy (non-hydrogen) atoms. The number of hydrogen-bond donors (Lipinski definition) is 2. The molecule has 2 heterocycles. The minimum atomic E-state index is -0.614. The van der Waals surface area contributed by atoms with Crippen molar-refractivity contribution in [2.24, 2.45) is 0 Å². The molecule has 0 radical (unpaired) electrons. The molecule has 8 heteroatoms. The van der Waals surface area contributed by atoms with Crippen LogP contribution in [0.4, 0.5) is 5.82 Å². The molecule has 2 aromatic rings. The number of ketones is 1. The van der Waals surface area contributed by atoms with Gasteiger partial charge >= 0.3 is 5.97 Å². The van der Waals surface area contributed by atoms with Gasteiger partial charge in [-0.3, -0.25) is 9.89 Å². The summed E-state index contributed by atoms with van der Waals surface area (Å²) in [6.07, 6.45) is 1.49. The van der Waals surface area contributed by atoms with E-state index in [1.807, 2.05) is 0 Å². The van der Waals surface area contributed by atoms with Crippen LogP contribution in [0.25, 0.3) is 10.6 Å². The van der Waals surface area contributed by atoms with Gasteiger partial charge in [0.2, 0.25) is 0 Å². The maximum absolute atomic E-state index is 11.8. The van der Waals surface area contributed by atoms with Crippen LogP contribution >= 0.6 is 11.3 Å². The summed E-state index contributed by atoms with van der Waals surface area (Å²) in [5, 5.41) is 6.81. The number of carbonyl (C=O) groups is 2. The Balaban J connectivity index is 2.49. The molecule has 2 rings (SSSR count). The lowest BCUT2D eigenvalue weighted by Gasteiger charge is -1.98. The van der Waals surface area contributed by atoms with Gasteiger partial charge in [-0.1, -0.05) is 0 Å². The van der Waals surface area contributed by atoms with Crippen molar-refractivity contribution in [3.63, 3.8) is 0 Å². The number of nitrogens with one attached hydrogen (secondary N) is 1. The highest BCUT2D eigenvalue weighted by Gasteiger charge is 2.23. The molecule has 7 nitrogen and oxygen atoms in total. The van der Waals surface area contributed by atoms with E-state index in [4.69, 9.17) is 10.5 Å². The predicted molar refractivity (Wildman–Crippen MR) is 70.1 cm³/mol. The first-order valence-electron chi connectivity index (χ1n) is 5.52. The third-order valence-corrected chi connectivity index (χ3v) is 3.50. The molecule has 0 atom stereocenters. The molecule has 0 aliphatic rings. The van der Waals surface area contributed by atoms with E-state index in [1.165, 1.54) is 13.1 Å². The van der Waals surface area contributed by atoms with Crippen molar-refractivity contribution in [3.05, 3.63) is 16.8 Å². The number of aromatic nitrogens is 3. The van der Waals surface area contributed by atoms with Gasteiger partial charge in [-0.15, -0.1) is 11.3 Å². The van der Waals surface area contributed by atoms with Gasteiger partial charge in [0.15, 0.2) is 11.5 Å². The van der Waals surface area contributed by atoms with Crippen molar-refractivity contribution >= 4 is 28.9 Å². The fourth-order valence-corrected chi connectivity index (χ4v) is 2.45. The van der Waals surface area contributed by atoms with Crippen LogP contribution in [0, 0.1) is 0 Å². The number of hydrogen-bond acceptors (Lipinski definition) is 7. The van der Waals surface area contributed by atoms with Crippen LogP contribution in [0.1, 0.15) is 34.0 Å². The number of thiazole rings is 1. The van der Waals surface area contributed by atoms with Gasteiger partial charge in [-0.2, -0.15) is 5.10 Å². The van der Waals surface area contributed by atoms with E-state index < -0.39 is 5.97 Å². The minimum absolute atomic E-state index is 0.0231. The lowest BCUT2D eigenvalue weighted by Crippen LogP contribution is -2.09. The van der Waals surface area contributed by atoms with E-state index in [2.05, 4.69) is 15.2 Å². The van der Waals surface area contributed by atoms with E-state index in [1.54, 1.807) is 6.92 Å². The van der Waals surface area contributed by atoms with Crippen LogP contribution < -0.4 is 5.73 Å². The second kappa shape index (κ2) is 5.19. The Morgan fingerprint density at radius 3 is 2.79 bits per heavy atom. The van der Waals surface area contributed by atoms with Crippen LogP contribution in [-0.2, 0) is 4.74 Å². The maximum Gasteiger partial charge on any atom is 0.358 e. The molecule has 0 amide bonds. The third-order valence-electron chi connectivity index (χ3n) is 2.31. The Labute approximate surface area is 112 Å². The summed E-state index contributed by atoms with van der Waals surface area (Å²) in [6, 6.07) is 0. The number of nitrogen functional groups attached to an aromatic ring is 1. The Morgan fingerprint density at radius 1 is 1.53 bits per heavy atom. The van der Waals surface area contributed by atoms with Gasteiger partial charge in [0.05, 0.1) is 18.4 Å². The van der Waals surface area contributed by atoms with Gasteiger partial charge in [0.1, 0.15) is 15.7 Å². The SMILES string of the molecule is CCOC(=O)c1nc(-c2cn[nH]c2N)sc1C(C)=O. The molecule has 2 aromatic heterocycles. The summed E-state index contributed by atoms with van der Waals surface area (Å²) in [4.78, 5) is 27.7. The Morgan fingerprint density at radius 2 is 2.26 bits per heavy atom. The molecular formula is C11H12N4O3S. The fraction of sp³-hybridized carbons (Fsp3) is 0.273. The van der Waals surface area contributed by atoms with Crippen molar-refractivity contribution in [1.82, 2.24) is 15.2 Å². The standard InChI is InChI=1S/C11H12N4O3S/c1-3-18-11(17)7-8(5(2)16)19-10(14-7)6-4-13-15-9(6)12/h4H,3H2,1-2H3,(H3,12,13,15). The van der Waals surface area contributed by atoms with Crippen LogP contribution in [-0.4, -0.2) is 33.5 Å². The highest BCUT2D eigenvalue weighted by Crippen LogP contribution is 2.31. The highest BCUT2D eigenvalue weighted by atomic mass is 32.1. The lowest BCUT2D eigenvalue weighted by atomic mass is 10.3. The Hall–Kier alpha value is -2.22. The number of ether oxygens (including phenoxy) is 1. The van der Waals surface area contributed by atoms with Crippen LogP contribution in [0.15, 0.2) is 6.20 Å². The second-order valence-corrected chi connectivity index (χ2v) is 4.67. The topological polar surface area (TPSA) is 111 Å². The molecule has 0 aliphatic heterocycles. The van der Waals surface area contributed by atoms with Crippen molar-refractivity contribution in [2.75, 3.05) is 12.3 Å². The second-order valence-electron chi connectivity index (χ2n) is 3.67. The maximum atomic E-state index is 11.8. The van der Waals surface area contributed by atoms with Crippen molar-refractivity contribution in [1.29, 1.82) is 0 Å². The van der Waals surface area contributed by atoms with E-state index in [-0.39, 0.29) is 23.0 Å². The van der Waals surface area contributed by atoms with Crippen molar-refractivity contribution in [3.8, 4) is 10.6 Å². The molecule has 0 spiro atoms. The zero-order valence-corrected chi connectivity index (χ0v) is 11.2. The quantitative estimate of drug-likeness (QED) is 0.648. The number of nitrogens with two attached hydrogens (primary N) is 1. The normalized spacial score (nSPS) is 10.4. The zero-order valence-electron chi connectivity index (χ0n) is 10.4. The first-order chi connectivity index (χ1) is 9.04. The first kappa shape index (κ1) is 13.2. The fourth-order valence-electron chi connectivity index (χ4n) is 1.48. The predicted octanol–water partition coefficient (Wildman–Crippen LogP) is 1.49. The summed E-state index contributed by atoms with van der Waals surface area (Å²) < 4.78 is 4.88. The van der Waals surface area contributed by atoms with Gasteiger partial charge in [0, 0.05) is 6.92 Å². The van der Waals surface area contributed by atoms with Gasteiger partial charge < -0.3 is 10.5 Å². The van der Waals surface area contributed by atoms with Crippen LogP contribution in [0.3, 0.4) is 0 Å². The number of H-pyrrole nitrogens is 1. The zero-order chi connectivity index (χ0) is 14.0. The summed E-state index contributed by atoms with van der Waals surface area (Å²) in [5.41, 5.74) is 6.27. The lowest BCUT2D eigenvalue weighted by molar-refractivity contribution is 0.0517. The van der Waals surface area contributed by atoms with Gasteiger partial charge in [-0.05, 0) is 6.92 Å². The van der Waals surface area contributed by atoms with E-state index >= 15 is 0 Å². The molecule has 0 saturated carbocycles. The molecule has 100 valence electrons. The smallest absolute Gasteiger partial charge is 0.358 e. The summed E-state index contributed by atoms with van der Waals surface area (Å²) in [6.45, 7) is 3.28. The molecular weight excluding hydrogens is 268 g/mol. The number of aromatic amines is 1. The van der Waals surface area contributed by atoms with Crippen molar-refractivity contribution < 1.29 is 14.3 Å². The Kier molecular flexibility index (Phi) is 3.61. The van der Waals surface area contributed by atoms with E-state index in [0.29, 0.717) is 16.4 Å². The third kappa shape index (κ3) is 2.48. The van der Waals surface area contributed by atoms with Gasteiger partial charge in [0.25, 0.3) is 0 Å². The van der Waals surface area contributed by atoms with Crippen LogP contribution in [0.5, 0.6) is 0 Å².